The van der Waals surface area contributed by atoms with E-state index in [1.54, 1.807) is 7.11 Å². The number of nitrogens with one attached hydrogen (secondary N) is 1. The number of ether oxygens (including phenoxy) is 2. The van der Waals surface area contributed by atoms with Crippen molar-refractivity contribution in [3.05, 3.63) is 24.3 Å². The molecule has 1 saturated carbocycles. The molecule has 1 aliphatic carbocycles. The molecular formula is C15H22N2O3. The molecule has 1 fully saturated rings. The van der Waals surface area contributed by atoms with Crippen LogP contribution in [0, 0.1) is 5.92 Å². The number of anilines is 1. The first-order valence-electron chi connectivity index (χ1n) is 6.95. The fourth-order valence-corrected chi connectivity index (χ4v) is 2.10. The number of amides is 1. The van der Waals surface area contributed by atoms with Crippen molar-refractivity contribution in [3.63, 3.8) is 0 Å². The smallest absolute Gasteiger partial charge is 0.220 e. The van der Waals surface area contributed by atoms with Gasteiger partial charge >= 0.3 is 0 Å². The maximum absolute atomic E-state index is 10.6. The Balaban J connectivity index is 1.82. The minimum absolute atomic E-state index is 0.234. The predicted molar refractivity (Wildman–Crippen MR) is 77.8 cm³/mol. The summed E-state index contributed by atoms with van der Waals surface area (Å²) in [5.41, 5.74) is 6.11. The Bertz CT molecular complexity index is 429. The quantitative estimate of drug-likeness (QED) is 0.722. The minimum Gasteiger partial charge on any atom is -0.493 e. The van der Waals surface area contributed by atoms with E-state index in [2.05, 4.69) is 5.32 Å². The zero-order chi connectivity index (χ0) is 14.4. The number of methoxy groups -OCH3 is 1. The number of carbonyl (C=O) groups excluding carboxylic acids is 1. The molecule has 110 valence electrons. The third-order valence-corrected chi connectivity index (χ3v) is 3.36. The first-order chi connectivity index (χ1) is 9.69. The molecule has 5 heteroatoms. The number of hydrogen-bond donors (Lipinski definition) is 2. The standard InChI is InChI=1S/C15H22N2O3/c1-19-10-14(11-2-3-11)17-12-4-6-13(7-5-12)20-9-8-15(16)18/h4-7,11,14,17H,2-3,8-10H2,1H3,(H2,16,18). The summed E-state index contributed by atoms with van der Waals surface area (Å²) >= 11 is 0. The van der Waals surface area contributed by atoms with Crippen LogP contribution in [-0.4, -0.2) is 32.3 Å². The zero-order valence-corrected chi connectivity index (χ0v) is 11.8. The lowest BCUT2D eigenvalue weighted by atomic mass is 10.2. The molecule has 0 bridgehead atoms. The second-order valence-corrected chi connectivity index (χ2v) is 5.13. The molecule has 1 aromatic carbocycles. The molecule has 0 aliphatic heterocycles. The van der Waals surface area contributed by atoms with Crippen molar-refractivity contribution in [3.8, 4) is 5.75 Å². The van der Waals surface area contributed by atoms with Crippen LogP contribution in [0.1, 0.15) is 19.3 Å². The molecule has 1 unspecified atom stereocenters. The molecule has 5 nitrogen and oxygen atoms in total. The van der Waals surface area contributed by atoms with Gasteiger partial charge in [0, 0.05) is 12.8 Å². The molecule has 1 amide bonds. The second-order valence-electron chi connectivity index (χ2n) is 5.13. The van der Waals surface area contributed by atoms with Crippen LogP contribution < -0.4 is 15.8 Å². The molecule has 0 aromatic heterocycles. The Morgan fingerprint density at radius 1 is 1.40 bits per heavy atom. The molecule has 0 heterocycles. The van der Waals surface area contributed by atoms with Gasteiger partial charge in [-0.1, -0.05) is 0 Å². The van der Waals surface area contributed by atoms with Crippen molar-refractivity contribution in [2.45, 2.75) is 25.3 Å². The highest BCUT2D eigenvalue weighted by Gasteiger charge is 2.30. The molecule has 1 aromatic rings. The molecule has 20 heavy (non-hydrogen) atoms. The van der Waals surface area contributed by atoms with Gasteiger partial charge in [-0.3, -0.25) is 4.79 Å². The van der Waals surface area contributed by atoms with E-state index in [0.29, 0.717) is 12.6 Å². The van der Waals surface area contributed by atoms with E-state index in [1.165, 1.54) is 12.8 Å². The summed E-state index contributed by atoms with van der Waals surface area (Å²) in [5, 5.41) is 3.49. The van der Waals surface area contributed by atoms with Gasteiger partial charge in [-0.15, -0.1) is 0 Å². The molecular weight excluding hydrogens is 256 g/mol. The maximum atomic E-state index is 10.6. The van der Waals surface area contributed by atoms with Gasteiger partial charge in [0.25, 0.3) is 0 Å². The van der Waals surface area contributed by atoms with Gasteiger partial charge in [0.15, 0.2) is 0 Å². The van der Waals surface area contributed by atoms with Gasteiger partial charge in [-0.25, -0.2) is 0 Å². The Morgan fingerprint density at radius 2 is 2.10 bits per heavy atom. The highest BCUT2D eigenvalue weighted by molar-refractivity contribution is 5.73. The van der Waals surface area contributed by atoms with E-state index in [4.69, 9.17) is 15.2 Å². The Labute approximate surface area is 119 Å². The van der Waals surface area contributed by atoms with Crippen LogP contribution in [-0.2, 0) is 9.53 Å². The van der Waals surface area contributed by atoms with Gasteiger partial charge in [-0.2, -0.15) is 0 Å². The highest BCUT2D eigenvalue weighted by atomic mass is 16.5. The largest absolute Gasteiger partial charge is 0.493 e. The molecule has 2 rings (SSSR count). The lowest BCUT2D eigenvalue weighted by Crippen LogP contribution is -2.27. The van der Waals surface area contributed by atoms with E-state index in [0.717, 1.165) is 24.0 Å². The molecule has 0 spiro atoms. The molecule has 0 saturated heterocycles. The third kappa shape index (κ3) is 4.74. The number of primary amides is 1. The Kier molecular flexibility index (Phi) is 5.24. The Hall–Kier alpha value is -1.75. The van der Waals surface area contributed by atoms with Crippen LogP contribution >= 0.6 is 0 Å². The monoisotopic (exact) mass is 278 g/mol. The van der Waals surface area contributed by atoms with Crippen molar-refractivity contribution in [2.75, 3.05) is 25.6 Å². The van der Waals surface area contributed by atoms with E-state index < -0.39 is 0 Å². The number of carbonyl (C=O) groups is 1. The van der Waals surface area contributed by atoms with Gasteiger partial charge in [0.1, 0.15) is 5.75 Å². The number of hydrogen-bond acceptors (Lipinski definition) is 4. The van der Waals surface area contributed by atoms with Crippen molar-refractivity contribution in [1.29, 1.82) is 0 Å². The summed E-state index contributed by atoms with van der Waals surface area (Å²) in [4.78, 5) is 10.6. The van der Waals surface area contributed by atoms with E-state index >= 15 is 0 Å². The van der Waals surface area contributed by atoms with Crippen LogP contribution in [0.25, 0.3) is 0 Å². The second kappa shape index (κ2) is 7.14. The van der Waals surface area contributed by atoms with E-state index in [-0.39, 0.29) is 12.3 Å². The lowest BCUT2D eigenvalue weighted by molar-refractivity contribution is -0.118. The van der Waals surface area contributed by atoms with Crippen LogP contribution in [0.5, 0.6) is 5.75 Å². The zero-order valence-electron chi connectivity index (χ0n) is 11.8. The third-order valence-electron chi connectivity index (χ3n) is 3.36. The normalized spacial score (nSPS) is 15.7. The van der Waals surface area contributed by atoms with Crippen LogP contribution in [0.15, 0.2) is 24.3 Å². The number of benzene rings is 1. The van der Waals surface area contributed by atoms with Crippen LogP contribution in [0.3, 0.4) is 0 Å². The molecule has 0 radical (unpaired) electrons. The maximum Gasteiger partial charge on any atom is 0.220 e. The average Bonchev–Trinajstić information content (AvgIpc) is 3.24. The SMILES string of the molecule is COCC(Nc1ccc(OCCC(N)=O)cc1)C1CC1. The topological polar surface area (TPSA) is 73.6 Å². The fraction of sp³-hybridized carbons (Fsp3) is 0.533. The Morgan fingerprint density at radius 3 is 2.65 bits per heavy atom. The average molecular weight is 278 g/mol. The summed E-state index contributed by atoms with van der Waals surface area (Å²) in [6.07, 6.45) is 2.78. The van der Waals surface area contributed by atoms with Crippen LogP contribution in [0.2, 0.25) is 0 Å². The molecule has 1 aliphatic rings. The first kappa shape index (κ1) is 14.7. The predicted octanol–water partition coefficient (Wildman–Crippen LogP) is 1.78. The summed E-state index contributed by atoms with van der Waals surface area (Å²) in [6.45, 7) is 1.04. The summed E-state index contributed by atoms with van der Waals surface area (Å²) in [6, 6.07) is 8.11. The van der Waals surface area contributed by atoms with Crippen molar-refractivity contribution in [1.82, 2.24) is 0 Å². The van der Waals surface area contributed by atoms with E-state index in [9.17, 15) is 4.79 Å². The van der Waals surface area contributed by atoms with Gasteiger partial charge < -0.3 is 20.5 Å². The van der Waals surface area contributed by atoms with Gasteiger partial charge in [0.2, 0.25) is 5.91 Å². The first-order valence-corrected chi connectivity index (χ1v) is 6.95. The van der Waals surface area contributed by atoms with Crippen molar-refractivity contribution < 1.29 is 14.3 Å². The lowest BCUT2D eigenvalue weighted by Gasteiger charge is -2.18. The number of nitrogens with two attached hydrogens (primary N) is 1. The summed E-state index contributed by atoms with van der Waals surface area (Å²) in [5.74, 6) is 1.11. The number of rotatable bonds is 9. The molecule has 1 atom stereocenters. The van der Waals surface area contributed by atoms with E-state index in [1.807, 2.05) is 24.3 Å². The van der Waals surface area contributed by atoms with Crippen LogP contribution in [0.4, 0.5) is 5.69 Å². The van der Waals surface area contributed by atoms with Gasteiger partial charge in [-0.05, 0) is 43.0 Å². The highest BCUT2D eigenvalue weighted by Crippen LogP contribution is 2.34. The fourth-order valence-electron chi connectivity index (χ4n) is 2.10. The van der Waals surface area contributed by atoms with Gasteiger partial charge in [0.05, 0.1) is 25.7 Å². The van der Waals surface area contributed by atoms with Crippen molar-refractivity contribution >= 4 is 11.6 Å². The molecule has 3 N–H and O–H groups in total. The minimum atomic E-state index is -0.352. The summed E-state index contributed by atoms with van der Waals surface area (Å²) in [7, 11) is 1.73. The van der Waals surface area contributed by atoms with Crippen molar-refractivity contribution in [2.24, 2.45) is 11.7 Å². The summed E-state index contributed by atoms with van der Waals surface area (Å²) < 4.78 is 10.7.